The summed E-state index contributed by atoms with van der Waals surface area (Å²) in [6.07, 6.45) is 0. The maximum Gasteiger partial charge on any atom is 0.295 e. The van der Waals surface area contributed by atoms with Gasteiger partial charge in [-0.3, -0.25) is 4.55 Å². The zero-order chi connectivity index (χ0) is 20.5. The third-order valence-electron chi connectivity index (χ3n) is 5.97. The van der Waals surface area contributed by atoms with E-state index >= 15 is 0 Å². The van der Waals surface area contributed by atoms with Gasteiger partial charge < -0.3 is 0 Å². The van der Waals surface area contributed by atoms with Crippen molar-refractivity contribution in [2.45, 2.75) is 4.90 Å². The minimum Gasteiger partial charge on any atom is -0.282 e. The Hall–Kier alpha value is -3.47. The fourth-order valence-corrected chi connectivity index (χ4v) is 5.50. The second kappa shape index (κ2) is 6.02. The molecule has 0 aliphatic carbocycles. The molecular weight excluding hydrogens is 392 g/mol. The molecule has 0 saturated carbocycles. The molecule has 6 aromatic rings. The van der Waals surface area contributed by atoms with Crippen LogP contribution in [0, 0.1) is 0 Å². The second-order valence-electron chi connectivity index (χ2n) is 7.57. The van der Waals surface area contributed by atoms with Gasteiger partial charge in [-0.1, -0.05) is 84.9 Å². The third-order valence-corrected chi connectivity index (χ3v) is 6.87. The van der Waals surface area contributed by atoms with Gasteiger partial charge in [0.25, 0.3) is 10.1 Å². The molecule has 0 unspecified atom stereocenters. The first-order chi connectivity index (χ1) is 14.5. The third kappa shape index (κ3) is 2.32. The minimum atomic E-state index is -4.37. The Kier molecular flexibility index (Phi) is 3.49. The van der Waals surface area contributed by atoms with Crippen molar-refractivity contribution in [1.29, 1.82) is 0 Å². The Morgan fingerprint density at radius 2 is 1.00 bits per heavy atom. The van der Waals surface area contributed by atoms with E-state index in [0.29, 0.717) is 5.39 Å². The predicted molar refractivity (Wildman–Crippen MR) is 124 cm³/mol. The first-order valence-electron chi connectivity index (χ1n) is 9.69. The summed E-state index contributed by atoms with van der Waals surface area (Å²) in [5.74, 6) is 0. The Labute approximate surface area is 172 Å². The molecule has 0 atom stereocenters. The molecule has 0 bridgehead atoms. The molecule has 0 spiro atoms. The fraction of sp³-hybridized carbons (Fsp3) is 0. The van der Waals surface area contributed by atoms with E-state index in [2.05, 4.69) is 36.4 Å². The van der Waals surface area contributed by atoms with Gasteiger partial charge in [0.05, 0.1) is 0 Å². The number of hydrogen-bond donors (Lipinski definition) is 1. The van der Waals surface area contributed by atoms with E-state index in [1.54, 1.807) is 6.07 Å². The van der Waals surface area contributed by atoms with Crippen LogP contribution in [0.4, 0.5) is 0 Å². The maximum atomic E-state index is 12.2. The van der Waals surface area contributed by atoms with E-state index < -0.39 is 10.1 Å². The van der Waals surface area contributed by atoms with Crippen molar-refractivity contribution in [2.24, 2.45) is 0 Å². The van der Waals surface area contributed by atoms with Crippen LogP contribution in [0.1, 0.15) is 0 Å². The molecule has 1 N–H and O–H groups in total. The van der Waals surface area contributed by atoms with Crippen molar-refractivity contribution in [3.63, 3.8) is 0 Å². The van der Waals surface area contributed by atoms with E-state index in [4.69, 9.17) is 0 Å². The highest BCUT2D eigenvalue weighted by atomic mass is 32.2. The van der Waals surface area contributed by atoms with Gasteiger partial charge in [0.15, 0.2) is 0 Å². The van der Waals surface area contributed by atoms with E-state index in [0.717, 1.165) is 48.5 Å². The SMILES string of the molecule is O=S(=O)(O)c1cccc2c3ccc4ccc5ccccc5c4c3c3ccccc3c12. The topological polar surface area (TPSA) is 54.4 Å². The van der Waals surface area contributed by atoms with E-state index in [1.165, 1.54) is 6.07 Å². The summed E-state index contributed by atoms with van der Waals surface area (Å²) >= 11 is 0. The lowest BCUT2D eigenvalue weighted by Gasteiger charge is -2.15. The Morgan fingerprint density at radius 1 is 0.467 bits per heavy atom. The van der Waals surface area contributed by atoms with Gasteiger partial charge in [-0.25, -0.2) is 0 Å². The summed E-state index contributed by atoms with van der Waals surface area (Å²) in [5.41, 5.74) is 0. The van der Waals surface area contributed by atoms with E-state index in [1.807, 2.05) is 42.5 Å². The summed E-state index contributed by atoms with van der Waals surface area (Å²) in [7, 11) is -4.37. The smallest absolute Gasteiger partial charge is 0.282 e. The highest BCUT2D eigenvalue weighted by Gasteiger charge is 2.19. The van der Waals surface area contributed by atoms with Crippen LogP contribution in [0.25, 0.3) is 53.9 Å². The minimum absolute atomic E-state index is 0.0592. The Morgan fingerprint density at radius 3 is 1.73 bits per heavy atom. The number of rotatable bonds is 1. The van der Waals surface area contributed by atoms with Crippen molar-refractivity contribution in [1.82, 2.24) is 0 Å². The quantitative estimate of drug-likeness (QED) is 0.243. The fourth-order valence-electron chi connectivity index (χ4n) is 4.77. The van der Waals surface area contributed by atoms with Gasteiger partial charge in [-0.05, 0) is 54.5 Å². The molecule has 6 aromatic carbocycles. The lowest BCUT2D eigenvalue weighted by molar-refractivity contribution is 0.484. The van der Waals surface area contributed by atoms with Crippen LogP contribution in [0.5, 0.6) is 0 Å². The molecule has 0 heterocycles. The maximum absolute atomic E-state index is 12.2. The summed E-state index contributed by atoms with van der Waals surface area (Å²) in [6.45, 7) is 0. The van der Waals surface area contributed by atoms with Gasteiger partial charge in [0, 0.05) is 5.39 Å². The average Bonchev–Trinajstić information content (AvgIpc) is 2.77. The number of fused-ring (bicyclic) bond motifs is 10. The van der Waals surface area contributed by atoms with E-state index in [9.17, 15) is 13.0 Å². The molecule has 0 saturated heterocycles. The summed E-state index contributed by atoms with van der Waals surface area (Å²) < 4.78 is 34.2. The van der Waals surface area contributed by atoms with Crippen LogP contribution in [0.2, 0.25) is 0 Å². The normalized spacial score (nSPS) is 12.4. The van der Waals surface area contributed by atoms with Crippen molar-refractivity contribution >= 4 is 64.0 Å². The van der Waals surface area contributed by atoms with Gasteiger partial charge >= 0.3 is 0 Å². The summed E-state index contributed by atoms with van der Waals surface area (Å²) in [5, 5.41) is 9.84. The molecule has 0 amide bonds. The molecule has 6 rings (SSSR count). The zero-order valence-corrected chi connectivity index (χ0v) is 16.6. The van der Waals surface area contributed by atoms with E-state index in [-0.39, 0.29) is 4.90 Å². The number of hydrogen-bond acceptors (Lipinski definition) is 2. The van der Waals surface area contributed by atoms with Crippen LogP contribution in [-0.2, 0) is 10.1 Å². The first kappa shape index (κ1) is 17.4. The van der Waals surface area contributed by atoms with Gasteiger partial charge in [0.1, 0.15) is 4.90 Å². The first-order valence-corrected chi connectivity index (χ1v) is 11.1. The van der Waals surface area contributed by atoms with Gasteiger partial charge in [-0.15, -0.1) is 0 Å². The molecule has 4 heteroatoms. The lowest BCUT2D eigenvalue weighted by Crippen LogP contribution is -2.00. The number of benzene rings is 6. The van der Waals surface area contributed by atoms with Gasteiger partial charge in [-0.2, -0.15) is 8.42 Å². The highest BCUT2D eigenvalue weighted by Crippen LogP contribution is 2.42. The molecule has 0 aromatic heterocycles. The van der Waals surface area contributed by atoms with Crippen molar-refractivity contribution in [3.05, 3.63) is 91.0 Å². The monoisotopic (exact) mass is 408 g/mol. The van der Waals surface area contributed by atoms with Crippen LogP contribution in [0.15, 0.2) is 95.9 Å². The van der Waals surface area contributed by atoms with Crippen LogP contribution in [-0.4, -0.2) is 13.0 Å². The molecular formula is C26H16O3S. The van der Waals surface area contributed by atoms with Crippen LogP contribution < -0.4 is 0 Å². The van der Waals surface area contributed by atoms with Crippen LogP contribution in [0.3, 0.4) is 0 Å². The van der Waals surface area contributed by atoms with Crippen molar-refractivity contribution in [2.75, 3.05) is 0 Å². The highest BCUT2D eigenvalue weighted by molar-refractivity contribution is 7.86. The van der Waals surface area contributed by atoms with Crippen LogP contribution >= 0.6 is 0 Å². The largest absolute Gasteiger partial charge is 0.295 e. The molecule has 0 fully saturated rings. The average molecular weight is 408 g/mol. The van der Waals surface area contributed by atoms with Crippen molar-refractivity contribution < 1.29 is 13.0 Å². The van der Waals surface area contributed by atoms with Crippen molar-refractivity contribution in [3.8, 4) is 0 Å². The Balaban J connectivity index is 2.03. The lowest BCUT2D eigenvalue weighted by atomic mass is 9.89. The molecule has 3 nitrogen and oxygen atoms in total. The molecule has 144 valence electrons. The second-order valence-corrected chi connectivity index (χ2v) is 8.96. The summed E-state index contributed by atoms with van der Waals surface area (Å²) in [6, 6.07) is 29.6. The standard InChI is InChI=1S/C26H16O3S/c27-30(28,29)23-11-5-10-20-22-15-14-17-13-12-16-6-1-2-7-18(16)24(17)26(22)21-9-4-3-8-19(21)25(20)23/h1-15H,(H,27,28,29). The molecule has 0 aliphatic heterocycles. The molecule has 0 radical (unpaired) electrons. The summed E-state index contributed by atoms with van der Waals surface area (Å²) in [4.78, 5) is -0.0592. The van der Waals surface area contributed by atoms with Gasteiger partial charge in [0.2, 0.25) is 0 Å². The Bertz CT molecular complexity index is 1740. The molecule has 30 heavy (non-hydrogen) atoms. The zero-order valence-electron chi connectivity index (χ0n) is 15.8. The molecule has 0 aliphatic rings. The predicted octanol–water partition coefficient (Wildman–Crippen LogP) is 6.70.